The smallest absolute Gasteiger partial charge is 0.410 e. The van der Waals surface area contributed by atoms with Crippen LogP contribution in [0.5, 0.6) is 0 Å². The second-order valence-electron chi connectivity index (χ2n) is 10.00. The number of fused-ring (bicyclic) bond motifs is 1. The molecule has 9 nitrogen and oxygen atoms in total. The van der Waals surface area contributed by atoms with Crippen LogP contribution < -0.4 is 10.2 Å². The van der Waals surface area contributed by atoms with E-state index in [1.54, 1.807) is 4.90 Å². The summed E-state index contributed by atoms with van der Waals surface area (Å²) in [6.07, 6.45) is 2.19. The molecule has 9 heteroatoms. The highest BCUT2D eigenvalue weighted by Gasteiger charge is 2.33. The number of carbonyl (C=O) groups is 3. The lowest BCUT2D eigenvalue weighted by molar-refractivity contribution is -0.134. The number of hydrogen-bond donors (Lipinski definition) is 1. The summed E-state index contributed by atoms with van der Waals surface area (Å²) in [6.45, 7) is 11.2. The molecule has 3 amide bonds. The lowest BCUT2D eigenvalue weighted by Gasteiger charge is -2.38. The van der Waals surface area contributed by atoms with Crippen LogP contribution in [0.2, 0.25) is 0 Å². The number of piperidine rings is 2. The third-order valence-corrected chi connectivity index (χ3v) is 6.48. The number of aromatic nitrogens is 2. The number of anilines is 1. The van der Waals surface area contributed by atoms with Crippen molar-refractivity contribution in [3.8, 4) is 0 Å². The van der Waals surface area contributed by atoms with E-state index >= 15 is 0 Å². The normalized spacial score (nSPS) is 19.2. The molecular weight excluding hydrogens is 446 g/mol. The molecule has 2 fully saturated rings. The highest BCUT2D eigenvalue weighted by Crippen LogP contribution is 2.35. The first kappa shape index (κ1) is 26.5. The summed E-state index contributed by atoms with van der Waals surface area (Å²) in [4.78, 5) is 40.5. The standard InChI is InChI=1S/C24H33N5O4.C2H6/c1-24(2,3)33-23(32)27(4)15-11-13-29(14-12-15)18-8-6-7-16-20(26-28(5)21(16)18)17-9-10-19(30)25-22(17)31;1-2/h6-8,15,17H,9-14H2,1-5H3,(H,25,30,31);1-2H3. The lowest BCUT2D eigenvalue weighted by Crippen LogP contribution is -2.47. The minimum Gasteiger partial charge on any atom is -0.444 e. The summed E-state index contributed by atoms with van der Waals surface area (Å²) in [5.41, 5.74) is 2.26. The number of hydrogen-bond acceptors (Lipinski definition) is 6. The molecule has 1 N–H and O–H groups in total. The molecule has 2 aromatic rings. The molecule has 1 unspecified atom stereocenters. The Hall–Kier alpha value is -3.10. The van der Waals surface area contributed by atoms with Crippen molar-refractivity contribution in [1.82, 2.24) is 20.0 Å². The zero-order valence-corrected chi connectivity index (χ0v) is 22.1. The zero-order valence-electron chi connectivity index (χ0n) is 22.1. The minimum atomic E-state index is -0.512. The molecular formula is C26H39N5O4. The van der Waals surface area contributed by atoms with Crippen LogP contribution in [-0.2, 0) is 21.4 Å². The van der Waals surface area contributed by atoms with Gasteiger partial charge in [-0.05, 0) is 46.1 Å². The molecule has 2 aliphatic rings. The number of nitrogens with one attached hydrogen (secondary N) is 1. The Balaban J connectivity index is 0.00000167. The summed E-state index contributed by atoms with van der Waals surface area (Å²) in [6, 6.07) is 6.19. The monoisotopic (exact) mass is 485 g/mol. The Kier molecular flexibility index (Phi) is 8.07. The number of benzene rings is 1. The number of carbonyl (C=O) groups excluding carboxylic acids is 3. The minimum absolute atomic E-state index is 0.126. The van der Waals surface area contributed by atoms with E-state index in [1.807, 2.05) is 65.5 Å². The molecule has 0 aliphatic carbocycles. The predicted molar refractivity (Wildman–Crippen MR) is 136 cm³/mol. The maximum absolute atomic E-state index is 12.5. The molecule has 0 saturated carbocycles. The fraction of sp³-hybridized carbons (Fsp3) is 0.615. The van der Waals surface area contributed by atoms with Crippen LogP contribution in [-0.4, -0.2) is 64.4 Å². The van der Waals surface area contributed by atoms with Crippen LogP contribution in [0.25, 0.3) is 10.9 Å². The summed E-state index contributed by atoms with van der Waals surface area (Å²) in [5, 5.41) is 8.07. The second-order valence-corrected chi connectivity index (χ2v) is 10.00. The van der Waals surface area contributed by atoms with Crippen molar-refractivity contribution in [3.63, 3.8) is 0 Å². The van der Waals surface area contributed by atoms with Gasteiger partial charge in [0.15, 0.2) is 0 Å². The number of ether oxygens (including phenoxy) is 1. The molecule has 1 aromatic heterocycles. The van der Waals surface area contributed by atoms with Crippen molar-refractivity contribution in [1.29, 1.82) is 0 Å². The average Bonchev–Trinajstić information content (AvgIpc) is 3.15. The molecule has 2 aliphatic heterocycles. The van der Waals surface area contributed by atoms with Crippen LogP contribution in [0.1, 0.15) is 71.9 Å². The number of nitrogens with zero attached hydrogens (tertiary/aromatic N) is 4. The molecule has 0 spiro atoms. The van der Waals surface area contributed by atoms with Gasteiger partial charge in [0.25, 0.3) is 0 Å². The summed E-state index contributed by atoms with van der Waals surface area (Å²) in [7, 11) is 3.70. The van der Waals surface area contributed by atoms with Gasteiger partial charge in [-0.25, -0.2) is 4.79 Å². The van der Waals surface area contributed by atoms with Gasteiger partial charge in [-0.15, -0.1) is 0 Å². The summed E-state index contributed by atoms with van der Waals surface area (Å²) < 4.78 is 7.36. The third kappa shape index (κ3) is 5.77. The summed E-state index contributed by atoms with van der Waals surface area (Å²) >= 11 is 0. The van der Waals surface area contributed by atoms with E-state index in [9.17, 15) is 14.4 Å². The van der Waals surface area contributed by atoms with Crippen molar-refractivity contribution in [2.24, 2.45) is 7.05 Å². The van der Waals surface area contributed by atoms with E-state index in [4.69, 9.17) is 9.84 Å². The van der Waals surface area contributed by atoms with Crippen molar-refractivity contribution in [3.05, 3.63) is 23.9 Å². The molecule has 0 radical (unpaired) electrons. The van der Waals surface area contributed by atoms with E-state index in [2.05, 4.69) is 16.3 Å². The van der Waals surface area contributed by atoms with Gasteiger partial charge in [0.05, 0.1) is 22.8 Å². The molecule has 192 valence electrons. The van der Waals surface area contributed by atoms with Gasteiger partial charge >= 0.3 is 6.09 Å². The first-order chi connectivity index (χ1) is 16.5. The Bertz CT molecular complexity index is 1080. The van der Waals surface area contributed by atoms with E-state index in [1.165, 1.54) is 0 Å². The molecule has 2 saturated heterocycles. The molecule has 35 heavy (non-hydrogen) atoms. The van der Waals surface area contributed by atoms with E-state index in [0.29, 0.717) is 12.8 Å². The predicted octanol–water partition coefficient (Wildman–Crippen LogP) is 3.96. The van der Waals surface area contributed by atoms with Crippen molar-refractivity contribution in [2.45, 2.75) is 77.9 Å². The zero-order chi connectivity index (χ0) is 25.9. The van der Waals surface area contributed by atoms with Crippen LogP contribution >= 0.6 is 0 Å². The Morgan fingerprint density at radius 2 is 1.80 bits per heavy atom. The van der Waals surface area contributed by atoms with Gasteiger partial charge in [-0.2, -0.15) is 5.10 Å². The van der Waals surface area contributed by atoms with Gasteiger partial charge in [-0.1, -0.05) is 26.0 Å². The molecule has 3 heterocycles. The van der Waals surface area contributed by atoms with Gasteiger partial charge in [0.2, 0.25) is 11.8 Å². The van der Waals surface area contributed by atoms with E-state index < -0.39 is 11.5 Å². The number of para-hydroxylation sites is 1. The van der Waals surface area contributed by atoms with Gasteiger partial charge in [-0.3, -0.25) is 19.6 Å². The third-order valence-electron chi connectivity index (χ3n) is 6.48. The first-order valence-electron chi connectivity index (χ1n) is 12.5. The quantitative estimate of drug-likeness (QED) is 0.661. The fourth-order valence-corrected chi connectivity index (χ4v) is 4.79. The van der Waals surface area contributed by atoms with Crippen LogP contribution in [0.3, 0.4) is 0 Å². The van der Waals surface area contributed by atoms with E-state index in [0.717, 1.165) is 48.2 Å². The molecule has 1 aromatic carbocycles. The number of imide groups is 1. The largest absolute Gasteiger partial charge is 0.444 e. The molecule has 0 bridgehead atoms. The van der Waals surface area contributed by atoms with Crippen LogP contribution in [0, 0.1) is 0 Å². The molecule has 1 atom stereocenters. The Morgan fingerprint density at radius 1 is 1.14 bits per heavy atom. The second kappa shape index (κ2) is 10.7. The fourth-order valence-electron chi connectivity index (χ4n) is 4.79. The van der Waals surface area contributed by atoms with Crippen molar-refractivity contribution < 1.29 is 19.1 Å². The van der Waals surface area contributed by atoms with Gasteiger partial charge in [0, 0.05) is 45.0 Å². The van der Waals surface area contributed by atoms with Gasteiger partial charge in [0.1, 0.15) is 5.60 Å². The molecule has 4 rings (SSSR count). The maximum atomic E-state index is 12.5. The summed E-state index contributed by atoms with van der Waals surface area (Å²) in [5.74, 6) is -0.922. The van der Waals surface area contributed by atoms with Crippen LogP contribution in [0.15, 0.2) is 18.2 Å². The van der Waals surface area contributed by atoms with Crippen LogP contribution in [0.4, 0.5) is 10.5 Å². The van der Waals surface area contributed by atoms with Gasteiger partial charge < -0.3 is 14.5 Å². The average molecular weight is 486 g/mol. The Labute approximate surface area is 207 Å². The Morgan fingerprint density at radius 3 is 2.40 bits per heavy atom. The van der Waals surface area contributed by atoms with Crippen molar-refractivity contribution in [2.75, 3.05) is 25.0 Å². The number of aryl methyl sites for hydroxylation is 1. The lowest BCUT2D eigenvalue weighted by atomic mass is 9.92. The highest BCUT2D eigenvalue weighted by atomic mass is 16.6. The van der Waals surface area contributed by atoms with Crippen molar-refractivity contribution >= 4 is 34.5 Å². The maximum Gasteiger partial charge on any atom is 0.410 e. The number of amides is 3. The van der Waals surface area contributed by atoms with E-state index in [-0.39, 0.29) is 23.9 Å². The number of rotatable bonds is 3. The topological polar surface area (TPSA) is 96.8 Å². The highest BCUT2D eigenvalue weighted by molar-refractivity contribution is 6.03. The first-order valence-corrected chi connectivity index (χ1v) is 12.5. The SMILES string of the molecule is CC.CN(C(=O)OC(C)(C)C)C1CCN(c2cccc3c(C4CCC(=O)NC4=O)nn(C)c23)CC1.